The molecule has 4 nitrogen and oxygen atoms in total. The minimum absolute atomic E-state index is 0.00593. The number of halogens is 1. The van der Waals surface area contributed by atoms with Crippen LogP contribution in [-0.2, 0) is 9.53 Å². The molecular weight excluding hydrogens is 232 g/mol. The van der Waals surface area contributed by atoms with Crippen molar-refractivity contribution in [3.05, 3.63) is 34.3 Å². The molecule has 0 radical (unpaired) electrons. The van der Waals surface area contributed by atoms with Crippen LogP contribution in [0.4, 0.5) is 0 Å². The summed E-state index contributed by atoms with van der Waals surface area (Å²) in [4.78, 5) is 21.5. The van der Waals surface area contributed by atoms with Gasteiger partial charge in [-0.05, 0) is 12.1 Å². The summed E-state index contributed by atoms with van der Waals surface area (Å²) >= 11 is 5.79. The van der Waals surface area contributed by atoms with Gasteiger partial charge in [0.2, 0.25) is 0 Å². The summed E-state index contributed by atoms with van der Waals surface area (Å²) < 4.78 is 4.32. The maximum atomic E-state index is 10.8. The minimum atomic E-state index is -1.15. The molecule has 0 aliphatic heterocycles. The predicted molar refractivity (Wildman–Crippen MR) is 57.3 cm³/mol. The van der Waals surface area contributed by atoms with E-state index in [1.807, 2.05) is 0 Å². The van der Waals surface area contributed by atoms with Gasteiger partial charge in [0.15, 0.2) is 0 Å². The van der Waals surface area contributed by atoms with Crippen LogP contribution in [0.25, 0.3) is 0 Å². The molecule has 1 aromatic rings. The first kappa shape index (κ1) is 12.1. The number of carboxylic acid groups (broad SMARTS) is 1. The second-order valence-electron chi connectivity index (χ2n) is 2.71. The van der Waals surface area contributed by atoms with Gasteiger partial charge >= 0.3 is 11.9 Å². The van der Waals surface area contributed by atoms with Gasteiger partial charge in [0.05, 0.1) is 17.7 Å². The first-order valence-electron chi connectivity index (χ1n) is 4.18. The number of aromatic carboxylic acids is 1. The Kier molecular flexibility index (Phi) is 3.92. The lowest BCUT2D eigenvalue weighted by Crippen LogP contribution is -1.99. The smallest absolute Gasteiger partial charge is 0.384 e. The normalized spacial score (nSPS) is 8.88. The summed E-state index contributed by atoms with van der Waals surface area (Å²) in [6, 6.07) is 4.37. The number of hydrogen-bond acceptors (Lipinski definition) is 3. The maximum Gasteiger partial charge on any atom is 0.384 e. The maximum absolute atomic E-state index is 10.8. The molecule has 1 rings (SSSR count). The zero-order valence-electron chi connectivity index (χ0n) is 8.28. The third kappa shape index (κ3) is 2.75. The fourth-order valence-electron chi connectivity index (χ4n) is 0.963. The molecule has 0 aliphatic rings. The molecule has 16 heavy (non-hydrogen) atoms. The highest BCUT2D eigenvalue weighted by molar-refractivity contribution is 6.34. The highest BCUT2D eigenvalue weighted by Gasteiger charge is 2.10. The molecule has 1 N–H and O–H groups in total. The number of esters is 1. The summed E-state index contributed by atoms with van der Waals surface area (Å²) in [6.45, 7) is 0. The van der Waals surface area contributed by atoms with Gasteiger partial charge in [-0.1, -0.05) is 23.6 Å². The second-order valence-corrected chi connectivity index (χ2v) is 3.09. The Bertz CT molecular complexity index is 496. The van der Waals surface area contributed by atoms with Crippen molar-refractivity contribution >= 4 is 23.5 Å². The number of carbonyl (C=O) groups excluding carboxylic acids is 1. The van der Waals surface area contributed by atoms with Crippen LogP contribution < -0.4 is 0 Å². The molecule has 0 atom stereocenters. The van der Waals surface area contributed by atoms with Gasteiger partial charge in [0, 0.05) is 11.5 Å². The highest BCUT2D eigenvalue weighted by Crippen LogP contribution is 2.20. The zero-order valence-corrected chi connectivity index (χ0v) is 9.04. The number of methoxy groups -OCH3 is 1. The third-order valence-electron chi connectivity index (χ3n) is 1.71. The summed E-state index contributed by atoms with van der Waals surface area (Å²) in [5, 5.41) is 8.80. The predicted octanol–water partition coefficient (Wildman–Crippen LogP) is 1.56. The highest BCUT2D eigenvalue weighted by atomic mass is 35.5. The Labute approximate surface area is 96.8 Å². The van der Waals surface area contributed by atoms with Crippen molar-refractivity contribution in [2.75, 3.05) is 7.11 Å². The SMILES string of the molecule is COC(=O)C#Cc1cccc(C(=O)O)c1Cl. The first-order valence-corrected chi connectivity index (χ1v) is 4.56. The van der Waals surface area contributed by atoms with E-state index in [0.29, 0.717) is 0 Å². The monoisotopic (exact) mass is 238 g/mol. The molecule has 0 amide bonds. The second kappa shape index (κ2) is 5.19. The molecule has 0 aromatic heterocycles. The summed E-state index contributed by atoms with van der Waals surface area (Å²) in [6.07, 6.45) is 0. The summed E-state index contributed by atoms with van der Waals surface area (Å²) in [7, 11) is 1.20. The Balaban J connectivity index is 3.15. The van der Waals surface area contributed by atoms with Crippen molar-refractivity contribution in [1.82, 2.24) is 0 Å². The Morgan fingerprint density at radius 3 is 2.69 bits per heavy atom. The van der Waals surface area contributed by atoms with Crippen molar-refractivity contribution in [3.8, 4) is 11.8 Å². The van der Waals surface area contributed by atoms with Crippen molar-refractivity contribution in [3.63, 3.8) is 0 Å². The fourth-order valence-corrected chi connectivity index (χ4v) is 1.22. The van der Waals surface area contributed by atoms with E-state index < -0.39 is 11.9 Å². The molecule has 82 valence electrons. The van der Waals surface area contributed by atoms with Crippen LogP contribution in [0.3, 0.4) is 0 Å². The average Bonchev–Trinajstić information content (AvgIpc) is 2.26. The van der Waals surface area contributed by atoms with E-state index in [1.165, 1.54) is 25.3 Å². The lowest BCUT2D eigenvalue weighted by molar-refractivity contribution is -0.133. The van der Waals surface area contributed by atoms with Crippen LogP contribution >= 0.6 is 11.6 Å². The number of carboxylic acids is 1. The van der Waals surface area contributed by atoms with Crippen LogP contribution in [0.1, 0.15) is 15.9 Å². The molecule has 0 unspecified atom stereocenters. The average molecular weight is 239 g/mol. The van der Waals surface area contributed by atoms with Crippen LogP contribution in [0.2, 0.25) is 5.02 Å². The van der Waals surface area contributed by atoms with Gasteiger partial charge in [-0.3, -0.25) is 0 Å². The molecule has 0 fully saturated rings. The summed E-state index contributed by atoms with van der Waals surface area (Å²) in [5.41, 5.74) is 0.213. The van der Waals surface area contributed by atoms with Crippen LogP contribution in [0.15, 0.2) is 18.2 Å². The number of ether oxygens (including phenoxy) is 1. The minimum Gasteiger partial charge on any atom is -0.478 e. The summed E-state index contributed by atoms with van der Waals surface area (Å²) in [5.74, 6) is 2.75. The number of benzene rings is 1. The molecule has 1 aromatic carbocycles. The fraction of sp³-hybridized carbons (Fsp3) is 0.0909. The molecule has 5 heteroatoms. The largest absolute Gasteiger partial charge is 0.478 e. The Morgan fingerprint density at radius 2 is 2.12 bits per heavy atom. The molecule has 0 spiro atoms. The van der Waals surface area contributed by atoms with E-state index >= 15 is 0 Å². The van der Waals surface area contributed by atoms with Crippen molar-refractivity contribution in [1.29, 1.82) is 0 Å². The van der Waals surface area contributed by atoms with E-state index in [0.717, 1.165) is 0 Å². The van der Waals surface area contributed by atoms with Crippen molar-refractivity contribution < 1.29 is 19.4 Å². The number of rotatable bonds is 1. The van der Waals surface area contributed by atoms with Crippen LogP contribution in [-0.4, -0.2) is 24.2 Å². The van der Waals surface area contributed by atoms with Crippen LogP contribution in [0.5, 0.6) is 0 Å². The van der Waals surface area contributed by atoms with Crippen LogP contribution in [0, 0.1) is 11.8 Å². The zero-order chi connectivity index (χ0) is 12.1. The van der Waals surface area contributed by atoms with Gasteiger partial charge in [-0.25, -0.2) is 9.59 Å². The van der Waals surface area contributed by atoms with E-state index in [2.05, 4.69) is 16.6 Å². The lowest BCUT2D eigenvalue weighted by Gasteiger charge is -1.99. The molecule has 0 saturated heterocycles. The van der Waals surface area contributed by atoms with E-state index in [9.17, 15) is 9.59 Å². The molecule has 0 saturated carbocycles. The Hall–Kier alpha value is -1.99. The van der Waals surface area contributed by atoms with Gasteiger partial charge in [-0.15, -0.1) is 0 Å². The molecule has 0 bridgehead atoms. The van der Waals surface area contributed by atoms with Gasteiger partial charge < -0.3 is 9.84 Å². The first-order chi connectivity index (χ1) is 7.56. The lowest BCUT2D eigenvalue weighted by atomic mass is 10.1. The van der Waals surface area contributed by atoms with Gasteiger partial charge in [0.25, 0.3) is 0 Å². The van der Waals surface area contributed by atoms with Crippen molar-refractivity contribution in [2.45, 2.75) is 0 Å². The Morgan fingerprint density at radius 1 is 1.44 bits per heavy atom. The van der Waals surface area contributed by atoms with Gasteiger partial charge in [0.1, 0.15) is 0 Å². The quantitative estimate of drug-likeness (QED) is 0.596. The molecular formula is C11H7ClO4. The topological polar surface area (TPSA) is 63.6 Å². The molecule has 0 aliphatic carbocycles. The number of hydrogen-bond donors (Lipinski definition) is 1. The van der Waals surface area contributed by atoms with E-state index in [4.69, 9.17) is 16.7 Å². The third-order valence-corrected chi connectivity index (χ3v) is 2.12. The van der Waals surface area contributed by atoms with E-state index in [1.54, 1.807) is 0 Å². The van der Waals surface area contributed by atoms with Gasteiger partial charge in [-0.2, -0.15) is 0 Å². The van der Waals surface area contributed by atoms with E-state index in [-0.39, 0.29) is 16.1 Å². The number of carbonyl (C=O) groups is 2. The standard InChI is InChI=1S/C11H7ClO4/c1-16-9(13)6-5-7-3-2-4-8(10(7)12)11(14)15/h2-4H,1H3,(H,14,15). The molecule has 0 heterocycles. The van der Waals surface area contributed by atoms with Crippen molar-refractivity contribution in [2.24, 2.45) is 0 Å².